The Morgan fingerprint density at radius 2 is 2.20 bits per heavy atom. The maximum atomic E-state index is 2.36. The van der Waals surface area contributed by atoms with Crippen molar-refractivity contribution in [2.24, 2.45) is 0 Å². The van der Waals surface area contributed by atoms with Gasteiger partial charge in [0.15, 0.2) is 0 Å². The van der Waals surface area contributed by atoms with Gasteiger partial charge in [-0.1, -0.05) is 6.08 Å². The van der Waals surface area contributed by atoms with Gasteiger partial charge in [0.05, 0.1) is 0 Å². The van der Waals surface area contributed by atoms with Gasteiger partial charge in [0.25, 0.3) is 0 Å². The molecule has 0 aliphatic carbocycles. The number of thioether (sulfide) groups is 2. The van der Waals surface area contributed by atoms with Crippen molar-refractivity contribution >= 4 is 23.5 Å². The van der Waals surface area contributed by atoms with Gasteiger partial charge in [0, 0.05) is 0 Å². The van der Waals surface area contributed by atoms with Gasteiger partial charge in [-0.15, -0.1) is 11.8 Å². The third-order valence-corrected chi connectivity index (χ3v) is 3.67. The molecular formula is C8H14S2. The molecule has 1 aliphatic rings. The van der Waals surface area contributed by atoms with Gasteiger partial charge < -0.3 is 0 Å². The Morgan fingerprint density at radius 1 is 1.30 bits per heavy atom. The van der Waals surface area contributed by atoms with Crippen LogP contribution in [0.1, 0.15) is 19.8 Å². The highest BCUT2D eigenvalue weighted by molar-refractivity contribution is 8.03. The van der Waals surface area contributed by atoms with Crippen molar-refractivity contribution in [1.29, 1.82) is 0 Å². The standard InChI is InChI=1S/C8H14S2/c1-8-4-2-5-9-6-3-7-10-8/h4H,2-3,5-7H2,1H3/b8-4-. The van der Waals surface area contributed by atoms with Crippen molar-refractivity contribution in [3.05, 3.63) is 11.0 Å². The zero-order valence-electron chi connectivity index (χ0n) is 6.43. The molecule has 0 nitrogen and oxygen atoms in total. The van der Waals surface area contributed by atoms with Gasteiger partial charge in [-0.25, -0.2) is 0 Å². The number of allylic oxidation sites excluding steroid dienone is 2. The third-order valence-electron chi connectivity index (χ3n) is 1.46. The normalized spacial score (nSPS) is 27.5. The average molecular weight is 174 g/mol. The van der Waals surface area contributed by atoms with E-state index in [9.17, 15) is 0 Å². The second-order valence-corrected chi connectivity index (χ2v) is 4.98. The smallest absolute Gasteiger partial charge is 0.00156 e. The molecule has 2 heteroatoms. The Bertz CT molecular complexity index is 118. The van der Waals surface area contributed by atoms with Crippen LogP contribution in [-0.2, 0) is 0 Å². The van der Waals surface area contributed by atoms with Crippen LogP contribution in [0.2, 0.25) is 0 Å². The van der Waals surface area contributed by atoms with Gasteiger partial charge >= 0.3 is 0 Å². The summed E-state index contributed by atoms with van der Waals surface area (Å²) < 4.78 is 0. The van der Waals surface area contributed by atoms with Gasteiger partial charge in [0.1, 0.15) is 0 Å². The first-order chi connectivity index (χ1) is 4.89. The summed E-state index contributed by atoms with van der Waals surface area (Å²) >= 11 is 4.10. The molecular weight excluding hydrogens is 160 g/mol. The maximum Gasteiger partial charge on any atom is -0.00156 e. The lowest BCUT2D eigenvalue weighted by molar-refractivity contribution is 1.12. The fourth-order valence-electron chi connectivity index (χ4n) is 0.901. The van der Waals surface area contributed by atoms with Crippen molar-refractivity contribution < 1.29 is 0 Å². The molecule has 10 heavy (non-hydrogen) atoms. The second-order valence-electron chi connectivity index (χ2n) is 2.42. The zero-order valence-corrected chi connectivity index (χ0v) is 8.06. The predicted molar refractivity (Wildman–Crippen MR) is 52.8 cm³/mol. The SMILES string of the molecule is C/C1=C/CCSCCCS1. The van der Waals surface area contributed by atoms with Crippen molar-refractivity contribution in [2.75, 3.05) is 17.3 Å². The van der Waals surface area contributed by atoms with Crippen LogP contribution in [0.5, 0.6) is 0 Å². The van der Waals surface area contributed by atoms with E-state index < -0.39 is 0 Å². The Balaban J connectivity index is 2.29. The summed E-state index contributed by atoms with van der Waals surface area (Å²) in [6.07, 6.45) is 5.01. The highest BCUT2D eigenvalue weighted by Gasteiger charge is 1.96. The van der Waals surface area contributed by atoms with Crippen LogP contribution in [0, 0.1) is 0 Å². The van der Waals surface area contributed by atoms with Crippen molar-refractivity contribution in [3.8, 4) is 0 Å². The summed E-state index contributed by atoms with van der Waals surface area (Å²) in [5.74, 6) is 3.99. The lowest BCUT2D eigenvalue weighted by atomic mass is 10.4. The summed E-state index contributed by atoms with van der Waals surface area (Å²) in [6, 6.07) is 0. The zero-order chi connectivity index (χ0) is 7.23. The molecule has 0 N–H and O–H groups in total. The van der Waals surface area contributed by atoms with E-state index >= 15 is 0 Å². The van der Waals surface area contributed by atoms with Gasteiger partial charge in [-0.05, 0) is 41.9 Å². The first kappa shape index (κ1) is 8.54. The van der Waals surface area contributed by atoms with Crippen LogP contribution in [-0.4, -0.2) is 17.3 Å². The van der Waals surface area contributed by atoms with Gasteiger partial charge in [-0.3, -0.25) is 0 Å². The van der Waals surface area contributed by atoms with Crippen LogP contribution in [0.15, 0.2) is 11.0 Å². The molecule has 0 aromatic heterocycles. The van der Waals surface area contributed by atoms with Crippen molar-refractivity contribution in [2.45, 2.75) is 19.8 Å². The molecule has 1 aliphatic heterocycles. The van der Waals surface area contributed by atoms with Crippen molar-refractivity contribution in [3.63, 3.8) is 0 Å². The fourth-order valence-corrected chi connectivity index (χ4v) is 2.77. The summed E-state index contributed by atoms with van der Waals surface area (Å²) in [4.78, 5) is 1.52. The predicted octanol–water partition coefficient (Wildman–Crippen LogP) is 3.15. The molecule has 1 heterocycles. The molecule has 0 saturated carbocycles. The minimum atomic E-state index is 1.27. The first-order valence-electron chi connectivity index (χ1n) is 3.77. The highest BCUT2D eigenvalue weighted by Crippen LogP contribution is 2.20. The quantitative estimate of drug-likeness (QED) is 0.553. The van der Waals surface area contributed by atoms with E-state index in [2.05, 4.69) is 24.8 Å². The minimum absolute atomic E-state index is 1.27. The molecule has 0 saturated heterocycles. The van der Waals surface area contributed by atoms with E-state index in [0.29, 0.717) is 0 Å². The summed E-state index contributed by atoms with van der Waals surface area (Å²) in [5.41, 5.74) is 0. The molecule has 0 spiro atoms. The highest BCUT2D eigenvalue weighted by atomic mass is 32.2. The molecule has 0 aromatic carbocycles. The van der Waals surface area contributed by atoms with E-state index in [1.165, 1.54) is 35.0 Å². The van der Waals surface area contributed by atoms with E-state index in [0.717, 1.165) is 0 Å². The molecule has 58 valence electrons. The third kappa shape index (κ3) is 3.57. The lowest BCUT2D eigenvalue weighted by Crippen LogP contribution is -1.82. The number of rotatable bonds is 0. The molecule has 0 unspecified atom stereocenters. The second kappa shape index (κ2) is 5.14. The Kier molecular flexibility index (Phi) is 4.39. The Labute approximate surface area is 71.8 Å². The van der Waals surface area contributed by atoms with Crippen LogP contribution in [0.4, 0.5) is 0 Å². The fraction of sp³-hybridized carbons (Fsp3) is 0.750. The monoisotopic (exact) mass is 174 g/mol. The lowest BCUT2D eigenvalue weighted by Gasteiger charge is -1.96. The Morgan fingerprint density at radius 3 is 3.10 bits per heavy atom. The van der Waals surface area contributed by atoms with Crippen LogP contribution in [0.3, 0.4) is 0 Å². The van der Waals surface area contributed by atoms with E-state index in [1.54, 1.807) is 0 Å². The molecule has 0 fully saturated rings. The average Bonchev–Trinajstić information content (AvgIpc) is 2.02. The number of hydrogen-bond acceptors (Lipinski definition) is 2. The first-order valence-corrected chi connectivity index (χ1v) is 5.91. The van der Waals surface area contributed by atoms with E-state index in [-0.39, 0.29) is 0 Å². The van der Waals surface area contributed by atoms with Crippen LogP contribution < -0.4 is 0 Å². The Hall–Kier alpha value is 0.440. The largest absolute Gasteiger partial charge is 0.162 e. The molecule has 0 amide bonds. The minimum Gasteiger partial charge on any atom is -0.162 e. The molecule has 0 aromatic rings. The van der Waals surface area contributed by atoms with Gasteiger partial charge in [-0.2, -0.15) is 11.8 Å². The summed E-state index contributed by atoms with van der Waals surface area (Å²) in [5, 5.41) is 0. The molecule has 0 atom stereocenters. The topological polar surface area (TPSA) is 0 Å². The summed E-state index contributed by atoms with van der Waals surface area (Å²) in [6.45, 7) is 2.22. The van der Waals surface area contributed by atoms with E-state index in [1.807, 2.05) is 11.8 Å². The van der Waals surface area contributed by atoms with Crippen molar-refractivity contribution in [1.82, 2.24) is 0 Å². The number of hydrogen-bond donors (Lipinski definition) is 0. The molecule has 0 bridgehead atoms. The summed E-state index contributed by atoms with van der Waals surface area (Å²) in [7, 11) is 0. The van der Waals surface area contributed by atoms with Crippen LogP contribution in [0.25, 0.3) is 0 Å². The molecule has 0 radical (unpaired) electrons. The maximum absolute atomic E-state index is 2.36. The van der Waals surface area contributed by atoms with Crippen LogP contribution >= 0.6 is 23.5 Å². The van der Waals surface area contributed by atoms with E-state index in [4.69, 9.17) is 0 Å². The molecule has 1 rings (SSSR count). The van der Waals surface area contributed by atoms with Gasteiger partial charge in [0.2, 0.25) is 0 Å².